The molecule has 0 aliphatic carbocycles. The van der Waals surface area contributed by atoms with Gasteiger partial charge in [-0.05, 0) is 41.5 Å². The van der Waals surface area contributed by atoms with Gasteiger partial charge in [-0.3, -0.25) is 14.8 Å². The van der Waals surface area contributed by atoms with E-state index in [0.29, 0.717) is 39.6 Å². The Morgan fingerprint density at radius 3 is 0.966 bits per heavy atom. The van der Waals surface area contributed by atoms with Gasteiger partial charge < -0.3 is 27.1 Å². The number of hydrogen-bond donors (Lipinski definition) is 1. The van der Waals surface area contributed by atoms with Gasteiger partial charge in [0.2, 0.25) is 0 Å². The molecule has 2 amide bonds. The molecule has 1 N–H and O–H groups in total. The topological polar surface area (TPSA) is 113 Å². The quantitative estimate of drug-likeness (QED) is 0.164. The van der Waals surface area contributed by atoms with Crippen LogP contribution in [0, 0.1) is 0 Å². The monoisotopic (exact) mass is 554 g/mol. The van der Waals surface area contributed by atoms with Crippen molar-refractivity contribution < 1.29 is 64.3 Å². The van der Waals surface area contributed by atoms with Crippen LogP contribution in [-0.4, -0.2) is 61.7 Å². The molecular weight excluding hydrogens is 520 g/mol. The van der Waals surface area contributed by atoms with Gasteiger partial charge in [-0.15, -0.1) is 0 Å². The Morgan fingerprint density at radius 2 is 0.862 bits per heavy atom. The van der Waals surface area contributed by atoms with Crippen LogP contribution >= 0.6 is 17.2 Å². The zero-order valence-corrected chi connectivity index (χ0v) is 21.3. The van der Waals surface area contributed by atoms with Crippen LogP contribution in [0.2, 0.25) is 0 Å². The van der Waals surface area contributed by atoms with Crippen molar-refractivity contribution in [3.63, 3.8) is 0 Å². The van der Waals surface area contributed by atoms with Crippen molar-refractivity contribution in [1.29, 1.82) is 0 Å². The van der Waals surface area contributed by atoms with Crippen molar-refractivity contribution in [2.24, 2.45) is 0 Å². The van der Waals surface area contributed by atoms with Gasteiger partial charge in [0.05, 0.1) is 39.6 Å². The number of nitrogens with zero attached hydrogens (tertiary/aromatic N) is 1. The maximum absolute atomic E-state index is 10.2. The van der Waals surface area contributed by atoms with Crippen LogP contribution < -0.4 is 0 Å². The van der Waals surface area contributed by atoms with Crippen LogP contribution in [0.1, 0.15) is 54.4 Å². The molecule has 1 aliphatic heterocycles. The molecule has 0 bridgehead atoms. The fourth-order valence-electron chi connectivity index (χ4n) is 1.42. The molecule has 13 heteroatoms. The number of imide groups is 1. The summed E-state index contributed by atoms with van der Waals surface area (Å²) in [4.78, 5) is 20.5. The van der Waals surface area contributed by atoms with E-state index in [1.165, 1.54) is 0 Å². The molecular formula is C16H35AgNO9P2. The second kappa shape index (κ2) is 24.7. The molecule has 1 radical (unpaired) electrons. The van der Waals surface area contributed by atoms with E-state index in [1.54, 1.807) is 0 Å². The van der Waals surface area contributed by atoms with Gasteiger partial charge in [0.25, 0.3) is 11.8 Å². The van der Waals surface area contributed by atoms with Gasteiger partial charge in [0.1, 0.15) is 0 Å². The zero-order valence-electron chi connectivity index (χ0n) is 18.0. The van der Waals surface area contributed by atoms with Crippen molar-refractivity contribution in [1.82, 2.24) is 5.06 Å². The number of rotatable bonds is 12. The van der Waals surface area contributed by atoms with Gasteiger partial charge in [0, 0.05) is 35.2 Å². The van der Waals surface area contributed by atoms with Gasteiger partial charge in [-0.1, -0.05) is 0 Å². The molecule has 29 heavy (non-hydrogen) atoms. The van der Waals surface area contributed by atoms with Crippen LogP contribution in [0.4, 0.5) is 0 Å². The Morgan fingerprint density at radius 1 is 0.655 bits per heavy atom. The maximum atomic E-state index is 10.2. The summed E-state index contributed by atoms with van der Waals surface area (Å²) in [5.41, 5.74) is 0. The number of amides is 2. The van der Waals surface area contributed by atoms with Gasteiger partial charge in [-0.2, -0.15) is 5.06 Å². The first-order valence-corrected chi connectivity index (χ1v) is 11.5. The number of hydroxylamine groups is 2. The summed E-state index contributed by atoms with van der Waals surface area (Å²) in [6.07, 6.45) is 0.296. The van der Waals surface area contributed by atoms with Crippen molar-refractivity contribution >= 4 is 29.0 Å². The molecule has 0 aromatic rings. The van der Waals surface area contributed by atoms with E-state index >= 15 is 0 Å². The Balaban J connectivity index is -0.000000345. The Kier molecular flexibility index (Phi) is 29.1. The molecule has 1 rings (SSSR count). The van der Waals surface area contributed by atoms with E-state index in [-0.39, 0.29) is 40.3 Å². The van der Waals surface area contributed by atoms with Crippen LogP contribution in [-0.2, 0) is 59.1 Å². The number of carbonyl (C=O) groups excluding carboxylic acids is 2. The standard InChI is InChI=1S/2C6H15O3P.C4H5NO3.Ag/c2*1-4-7-10(8-5-2)9-6-3;6-3-1-2-4(7)5(3)8;/h2*4-6H2,1-3H3;8H,1-2H2;. The predicted molar refractivity (Wildman–Crippen MR) is 106 cm³/mol. The van der Waals surface area contributed by atoms with Crippen LogP contribution in [0.25, 0.3) is 0 Å². The van der Waals surface area contributed by atoms with Gasteiger partial charge in [-0.25, -0.2) is 0 Å². The van der Waals surface area contributed by atoms with Gasteiger partial charge >= 0.3 is 17.2 Å². The van der Waals surface area contributed by atoms with Crippen molar-refractivity contribution in [3.05, 3.63) is 0 Å². The second-order valence-corrected chi connectivity index (χ2v) is 7.00. The summed E-state index contributed by atoms with van der Waals surface area (Å²) in [7, 11) is -2.12. The third-order valence-corrected chi connectivity index (χ3v) is 5.25. The first-order chi connectivity index (χ1) is 13.4. The molecule has 0 aromatic carbocycles. The molecule has 0 spiro atoms. The fraction of sp³-hybridized carbons (Fsp3) is 0.875. The minimum Gasteiger partial charge on any atom is -0.313 e. The molecule has 0 aromatic heterocycles. The van der Waals surface area contributed by atoms with E-state index < -0.39 is 29.0 Å². The van der Waals surface area contributed by atoms with E-state index in [2.05, 4.69) is 0 Å². The molecule has 0 unspecified atom stereocenters. The molecule has 179 valence electrons. The minimum absolute atomic E-state index is 0. The van der Waals surface area contributed by atoms with Crippen LogP contribution in [0.5, 0.6) is 0 Å². The largest absolute Gasteiger partial charge is 0.332 e. The molecule has 1 saturated heterocycles. The average molecular weight is 555 g/mol. The fourth-order valence-corrected chi connectivity index (χ4v) is 3.13. The zero-order chi connectivity index (χ0) is 21.8. The molecule has 0 atom stereocenters. The molecule has 1 fully saturated rings. The third kappa shape index (κ3) is 20.1. The maximum Gasteiger partial charge on any atom is 0.332 e. The second-order valence-electron chi connectivity index (χ2n) is 4.55. The van der Waals surface area contributed by atoms with Crippen LogP contribution in [0.15, 0.2) is 0 Å². The summed E-state index contributed by atoms with van der Waals surface area (Å²) < 4.78 is 30.9. The van der Waals surface area contributed by atoms with Crippen molar-refractivity contribution in [3.8, 4) is 0 Å². The van der Waals surface area contributed by atoms with E-state index in [0.717, 1.165) is 0 Å². The SMILES string of the molecule is CCOP(OCC)OCC.CCOP(OCC)OCC.O=C1CCC(=O)N1O.[Ag]. The summed E-state index contributed by atoms with van der Waals surface area (Å²) >= 11 is 0. The molecule has 1 aliphatic rings. The normalized spacial score (nSPS) is 13.1. The first kappa shape index (κ1) is 34.1. The van der Waals surface area contributed by atoms with Gasteiger partial charge in [0.15, 0.2) is 0 Å². The molecule has 10 nitrogen and oxygen atoms in total. The summed E-state index contributed by atoms with van der Waals surface area (Å²) in [6, 6.07) is 0. The molecule has 0 saturated carbocycles. The Labute approximate surface area is 192 Å². The van der Waals surface area contributed by atoms with Crippen molar-refractivity contribution in [2.75, 3.05) is 39.6 Å². The smallest absolute Gasteiger partial charge is 0.313 e. The minimum atomic E-state index is -1.06. The van der Waals surface area contributed by atoms with E-state index in [4.69, 9.17) is 32.3 Å². The summed E-state index contributed by atoms with van der Waals surface area (Å²) in [5, 5.41) is 8.57. The average Bonchev–Trinajstić information content (AvgIpc) is 2.95. The first-order valence-electron chi connectivity index (χ1n) is 9.33. The number of hydrogen-bond acceptors (Lipinski definition) is 9. The third-order valence-electron chi connectivity index (χ3n) is 2.43. The van der Waals surface area contributed by atoms with E-state index in [1.807, 2.05) is 41.5 Å². The van der Waals surface area contributed by atoms with Crippen molar-refractivity contribution in [2.45, 2.75) is 54.4 Å². The Hall–Kier alpha value is 0.460. The molecule has 1 heterocycles. The summed E-state index contributed by atoms with van der Waals surface area (Å²) in [6.45, 7) is 15.4. The summed E-state index contributed by atoms with van der Waals surface area (Å²) in [5.74, 6) is -1.01. The van der Waals surface area contributed by atoms with E-state index in [9.17, 15) is 9.59 Å². The predicted octanol–water partition coefficient (Wildman–Crippen LogP) is 4.17. The number of carbonyl (C=O) groups is 2. The Bertz CT molecular complexity index is 335. The van der Waals surface area contributed by atoms with Crippen LogP contribution in [0.3, 0.4) is 0 Å².